The third kappa shape index (κ3) is 4.91. The monoisotopic (exact) mass is 702 g/mol. The lowest BCUT2D eigenvalue weighted by molar-refractivity contribution is 0.673. The number of benzene rings is 9. The number of hydrogen-bond acceptors (Lipinski definition) is 2. The van der Waals surface area contributed by atoms with E-state index < -0.39 is 0 Å². The second-order valence-corrected chi connectivity index (χ2v) is 14.0. The fourth-order valence-corrected chi connectivity index (χ4v) is 8.62. The number of rotatable bonds is 6. The zero-order chi connectivity index (χ0) is 36.3. The minimum Gasteiger partial charge on any atom is -0.455 e. The molecular weight excluding hydrogens is 669 g/mol. The van der Waals surface area contributed by atoms with Gasteiger partial charge < -0.3 is 13.9 Å². The molecule has 11 rings (SSSR count). The molecule has 55 heavy (non-hydrogen) atoms. The van der Waals surface area contributed by atoms with Crippen molar-refractivity contribution in [3.63, 3.8) is 0 Å². The summed E-state index contributed by atoms with van der Waals surface area (Å²) < 4.78 is 9.13. The number of nitrogens with zero attached hydrogens (tertiary/aromatic N) is 2. The van der Waals surface area contributed by atoms with Crippen molar-refractivity contribution in [1.29, 1.82) is 0 Å². The summed E-state index contributed by atoms with van der Waals surface area (Å²) >= 11 is 0. The van der Waals surface area contributed by atoms with Crippen molar-refractivity contribution in [2.45, 2.75) is 0 Å². The minimum absolute atomic E-state index is 0.876. The van der Waals surface area contributed by atoms with Gasteiger partial charge in [-0.15, -0.1) is 0 Å². The second kappa shape index (κ2) is 12.6. The van der Waals surface area contributed by atoms with Crippen molar-refractivity contribution < 1.29 is 4.42 Å². The molecule has 0 atom stereocenters. The van der Waals surface area contributed by atoms with E-state index in [2.05, 4.69) is 216 Å². The Morgan fingerprint density at radius 1 is 0.364 bits per heavy atom. The molecule has 3 nitrogen and oxygen atoms in total. The summed E-state index contributed by atoms with van der Waals surface area (Å²) in [6, 6.07) is 73.9. The maximum atomic E-state index is 6.71. The van der Waals surface area contributed by atoms with Crippen molar-refractivity contribution in [3.8, 4) is 27.9 Å². The van der Waals surface area contributed by atoms with Gasteiger partial charge in [0.05, 0.1) is 33.8 Å². The van der Waals surface area contributed by atoms with Gasteiger partial charge in [-0.3, -0.25) is 0 Å². The molecule has 9 aromatic carbocycles. The zero-order valence-electron chi connectivity index (χ0n) is 29.9. The molecule has 0 aliphatic heterocycles. The SMILES string of the molecule is c1ccc(-c2ccccc2N(c2ccccc2-c2cccc3oc4c5ccccc5ccc4c23)c2ccccc2-n2c3ccccc3c3ccccc32)cc1. The van der Waals surface area contributed by atoms with Crippen LogP contribution in [0.2, 0.25) is 0 Å². The van der Waals surface area contributed by atoms with Crippen molar-refractivity contribution in [3.05, 3.63) is 206 Å². The predicted octanol–water partition coefficient (Wildman–Crippen LogP) is 14.6. The average molecular weight is 703 g/mol. The first-order chi connectivity index (χ1) is 27.3. The number of aromatic nitrogens is 1. The van der Waals surface area contributed by atoms with E-state index >= 15 is 0 Å². The largest absolute Gasteiger partial charge is 0.455 e. The van der Waals surface area contributed by atoms with Crippen molar-refractivity contribution in [1.82, 2.24) is 4.57 Å². The number of furan rings is 1. The van der Waals surface area contributed by atoms with Gasteiger partial charge in [0.2, 0.25) is 0 Å². The molecule has 0 N–H and O–H groups in total. The maximum Gasteiger partial charge on any atom is 0.143 e. The lowest BCUT2D eigenvalue weighted by Gasteiger charge is -2.32. The molecule has 11 aromatic rings. The first-order valence-corrected chi connectivity index (χ1v) is 18.8. The molecule has 0 radical (unpaired) electrons. The van der Waals surface area contributed by atoms with Gasteiger partial charge in [0.1, 0.15) is 11.2 Å². The summed E-state index contributed by atoms with van der Waals surface area (Å²) in [6.45, 7) is 0. The first kappa shape index (κ1) is 31.2. The van der Waals surface area contributed by atoms with E-state index in [4.69, 9.17) is 4.42 Å². The Morgan fingerprint density at radius 3 is 1.69 bits per heavy atom. The smallest absolute Gasteiger partial charge is 0.143 e. The van der Waals surface area contributed by atoms with Crippen LogP contribution < -0.4 is 4.90 Å². The van der Waals surface area contributed by atoms with E-state index in [9.17, 15) is 0 Å². The summed E-state index contributed by atoms with van der Waals surface area (Å²) in [4.78, 5) is 2.47. The molecule has 0 aliphatic rings. The molecule has 0 saturated heterocycles. The Hall–Kier alpha value is -7.36. The molecular formula is C52H34N2O. The minimum atomic E-state index is 0.876. The third-order valence-electron chi connectivity index (χ3n) is 11.0. The summed E-state index contributed by atoms with van der Waals surface area (Å²) in [5.41, 5.74) is 13.0. The molecule has 3 heteroatoms. The van der Waals surface area contributed by atoms with Crippen LogP contribution in [0.5, 0.6) is 0 Å². The van der Waals surface area contributed by atoms with Crippen LogP contribution in [-0.4, -0.2) is 4.57 Å². The molecule has 258 valence electrons. The molecule has 0 aliphatic carbocycles. The van der Waals surface area contributed by atoms with Gasteiger partial charge in [-0.05, 0) is 65.0 Å². The maximum absolute atomic E-state index is 6.71. The average Bonchev–Trinajstić information content (AvgIpc) is 3.81. The Kier molecular flexibility index (Phi) is 7.17. The van der Waals surface area contributed by atoms with Gasteiger partial charge in [0, 0.05) is 38.1 Å². The van der Waals surface area contributed by atoms with E-state index in [-0.39, 0.29) is 0 Å². The fraction of sp³-hybridized carbons (Fsp3) is 0. The Balaban J connectivity index is 1.23. The zero-order valence-corrected chi connectivity index (χ0v) is 29.9. The van der Waals surface area contributed by atoms with E-state index in [0.717, 1.165) is 72.3 Å². The molecule has 0 amide bonds. The van der Waals surface area contributed by atoms with Crippen LogP contribution in [-0.2, 0) is 0 Å². The first-order valence-electron chi connectivity index (χ1n) is 18.8. The Labute approximate surface area is 318 Å². The topological polar surface area (TPSA) is 21.3 Å². The van der Waals surface area contributed by atoms with Crippen molar-refractivity contribution in [2.75, 3.05) is 4.90 Å². The molecule has 2 aromatic heterocycles. The van der Waals surface area contributed by atoms with Crippen molar-refractivity contribution >= 4 is 71.6 Å². The van der Waals surface area contributed by atoms with E-state index in [1.165, 1.54) is 27.2 Å². The summed E-state index contributed by atoms with van der Waals surface area (Å²) in [7, 11) is 0. The summed E-state index contributed by atoms with van der Waals surface area (Å²) in [5, 5.41) is 6.98. The van der Waals surface area contributed by atoms with Crippen LogP contribution in [0.1, 0.15) is 0 Å². The van der Waals surface area contributed by atoms with Crippen LogP contribution in [0, 0.1) is 0 Å². The van der Waals surface area contributed by atoms with Gasteiger partial charge in [0.15, 0.2) is 0 Å². The van der Waals surface area contributed by atoms with Crippen LogP contribution in [0.25, 0.3) is 82.5 Å². The van der Waals surface area contributed by atoms with Crippen LogP contribution >= 0.6 is 0 Å². The highest BCUT2D eigenvalue weighted by Gasteiger charge is 2.25. The lowest BCUT2D eigenvalue weighted by atomic mass is 9.95. The molecule has 2 heterocycles. The highest BCUT2D eigenvalue weighted by molar-refractivity contribution is 6.20. The molecule has 0 bridgehead atoms. The predicted molar refractivity (Wildman–Crippen MR) is 231 cm³/mol. The Morgan fingerprint density at radius 2 is 0.927 bits per heavy atom. The van der Waals surface area contributed by atoms with E-state index in [1.54, 1.807) is 0 Å². The Bertz CT molecular complexity index is 3170. The highest BCUT2D eigenvalue weighted by atomic mass is 16.3. The van der Waals surface area contributed by atoms with E-state index in [1.807, 2.05) is 0 Å². The normalized spacial score (nSPS) is 11.6. The van der Waals surface area contributed by atoms with E-state index in [0.29, 0.717) is 0 Å². The van der Waals surface area contributed by atoms with Crippen LogP contribution in [0.4, 0.5) is 17.1 Å². The number of para-hydroxylation sites is 6. The van der Waals surface area contributed by atoms with Gasteiger partial charge in [-0.25, -0.2) is 0 Å². The van der Waals surface area contributed by atoms with Crippen molar-refractivity contribution in [2.24, 2.45) is 0 Å². The highest BCUT2D eigenvalue weighted by Crippen LogP contribution is 2.49. The molecule has 0 unspecified atom stereocenters. The van der Waals surface area contributed by atoms with Crippen LogP contribution in [0.15, 0.2) is 211 Å². The number of fused-ring (bicyclic) bond motifs is 8. The lowest BCUT2D eigenvalue weighted by Crippen LogP contribution is -2.15. The van der Waals surface area contributed by atoms with Gasteiger partial charge >= 0.3 is 0 Å². The fourth-order valence-electron chi connectivity index (χ4n) is 8.62. The number of anilines is 3. The second-order valence-electron chi connectivity index (χ2n) is 14.0. The van der Waals surface area contributed by atoms with Gasteiger partial charge in [-0.1, -0.05) is 158 Å². The van der Waals surface area contributed by atoms with Gasteiger partial charge in [0.25, 0.3) is 0 Å². The summed E-state index contributed by atoms with van der Waals surface area (Å²) in [5.74, 6) is 0. The van der Waals surface area contributed by atoms with Gasteiger partial charge in [-0.2, -0.15) is 0 Å². The third-order valence-corrected chi connectivity index (χ3v) is 11.0. The quantitative estimate of drug-likeness (QED) is 0.172. The standard InChI is InChI=1S/C52H34N2O/c1-2-17-35(18-3-1)37-20-6-10-26-44(37)53(48-30-14-15-31-49(48)54-45-27-11-7-22-39(45)40-23-8-12-28-46(40)54)47-29-13-9-24-41(47)42-25-16-32-50-51(42)43-34-33-36-19-4-5-21-38(36)52(43)55-50/h1-34H. The molecule has 0 fully saturated rings. The molecule has 0 spiro atoms. The summed E-state index contributed by atoms with van der Waals surface area (Å²) in [6.07, 6.45) is 0. The molecule has 0 saturated carbocycles. The number of hydrogen-bond donors (Lipinski definition) is 0. The van der Waals surface area contributed by atoms with Crippen LogP contribution in [0.3, 0.4) is 0 Å².